The van der Waals surface area contributed by atoms with Crippen LogP contribution in [0.5, 0.6) is 5.95 Å². The van der Waals surface area contributed by atoms with E-state index in [9.17, 15) is 0 Å². The summed E-state index contributed by atoms with van der Waals surface area (Å²) in [4.78, 5) is 9.43. The van der Waals surface area contributed by atoms with Gasteiger partial charge < -0.3 is 19.7 Å². The predicted molar refractivity (Wildman–Crippen MR) is 97.4 cm³/mol. The fourth-order valence-corrected chi connectivity index (χ4v) is 3.06. The average Bonchev–Trinajstić information content (AvgIpc) is 3.30. The summed E-state index contributed by atoms with van der Waals surface area (Å²) in [6.07, 6.45) is 6.80. The molecule has 25 heavy (non-hydrogen) atoms. The number of aliphatic hydroxyl groups is 1. The number of nitrogens with one attached hydrogen (secondary N) is 1. The minimum absolute atomic E-state index is 0.319. The van der Waals surface area contributed by atoms with Gasteiger partial charge in [-0.3, -0.25) is 4.98 Å². The molecule has 1 aliphatic rings. The van der Waals surface area contributed by atoms with Crippen LogP contribution < -0.4 is 4.74 Å². The maximum Gasteiger partial charge on any atom is 0.294 e. The number of ether oxygens (including phenoxy) is 1. The summed E-state index contributed by atoms with van der Waals surface area (Å²) in [6, 6.07) is 5.72. The number of aromatic nitrogens is 2. The fraction of sp³-hybridized carbons (Fsp3) is 0.278. The zero-order valence-electron chi connectivity index (χ0n) is 13.9. The van der Waals surface area contributed by atoms with E-state index in [1.165, 1.54) is 11.3 Å². The summed E-state index contributed by atoms with van der Waals surface area (Å²) in [7, 11) is 0. The van der Waals surface area contributed by atoms with Crippen molar-refractivity contribution < 1.29 is 14.3 Å². The molecule has 1 aliphatic heterocycles. The first kappa shape index (κ1) is 17.3. The number of aliphatic hydroxyl groups excluding tert-OH is 1. The summed E-state index contributed by atoms with van der Waals surface area (Å²) >= 11 is 1.53. The van der Waals surface area contributed by atoms with Gasteiger partial charge in [-0.25, -0.2) is 4.98 Å². The average molecular weight is 357 g/mol. The van der Waals surface area contributed by atoms with E-state index < -0.39 is 0 Å². The first-order valence-corrected chi connectivity index (χ1v) is 8.86. The number of fused-ring (bicyclic) bond motifs is 1. The van der Waals surface area contributed by atoms with Crippen LogP contribution in [-0.4, -0.2) is 34.0 Å². The number of furan rings is 1. The Morgan fingerprint density at radius 1 is 1.36 bits per heavy atom. The Morgan fingerprint density at radius 3 is 2.88 bits per heavy atom. The lowest BCUT2D eigenvalue weighted by Crippen LogP contribution is -2.13. The van der Waals surface area contributed by atoms with Crippen molar-refractivity contribution in [1.82, 2.24) is 9.97 Å². The van der Waals surface area contributed by atoms with Gasteiger partial charge in [0.1, 0.15) is 5.01 Å². The summed E-state index contributed by atoms with van der Waals surface area (Å²) in [5.41, 5.74) is 2.28. The van der Waals surface area contributed by atoms with Crippen molar-refractivity contribution in [3.8, 4) is 27.2 Å². The third kappa shape index (κ3) is 3.94. The highest BCUT2D eigenvalue weighted by molar-refractivity contribution is 7.18. The van der Waals surface area contributed by atoms with E-state index in [1.807, 2.05) is 25.1 Å². The lowest BCUT2D eigenvalue weighted by molar-refractivity contribution is 0.246. The van der Waals surface area contributed by atoms with Gasteiger partial charge in [0.25, 0.3) is 5.95 Å². The van der Waals surface area contributed by atoms with Gasteiger partial charge in [0, 0.05) is 42.9 Å². The number of hydrogen-bond acceptors (Lipinski definition) is 7. The van der Waals surface area contributed by atoms with Crippen LogP contribution in [0.3, 0.4) is 0 Å². The van der Waals surface area contributed by atoms with Crippen LogP contribution in [0.25, 0.3) is 21.2 Å². The Labute approximate surface area is 149 Å². The summed E-state index contributed by atoms with van der Waals surface area (Å²) < 4.78 is 11.2. The molecule has 0 aromatic carbocycles. The summed E-state index contributed by atoms with van der Waals surface area (Å²) in [6.45, 7) is 2.75. The molecular formula is C18H19N3O3S. The Bertz CT molecular complexity index is 840. The third-order valence-corrected chi connectivity index (χ3v) is 4.55. The molecule has 6 nitrogen and oxygen atoms in total. The first-order chi connectivity index (χ1) is 12.2. The lowest BCUT2D eigenvalue weighted by atomic mass is 10.1. The Balaban J connectivity index is 0.000000415. The highest BCUT2D eigenvalue weighted by Crippen LogP contribution is 2.38. The van der Waals surface area contributed by atoms with Gasteiger partial charge in [0.15, 0.2) is 5.76 Å². The van der Waals surface area contributed by atoms with Crippen LogP contribution >= 0.6 is 11.3 Å². The molecule has 4 heterocycles. The van der Waals surface area contributed by atoms with E-state index in [-0.39, 0.29) is 0 Å². The molecule has 4 rings (SSSR count). The smallest absolute Gasteiger partial charge is 0.294 e. The number of nitrogens with zero attached hydrogens (tertiary/aromatic N) is 2. The van der Waals surface area contributed by atoms with Gasteiger partial charge in [-0.15, -0.1) is 11.3 Å². The molecule has 0 atom stereocenters. The molecule has 7 heteroatoms. The second-order valence-corrected chi connectivity index (χ2v) is 6.41. The van der Waals surface area contributed by atoms with E-state index in [0.717, 1.165) is 27.4 Å². The molecule has 0 fully saturated rings. The SMILES string of the molecule is CCCO.N=C1CCOc2oc(-c3cnc(-c4cccnc4)s3)cc21. The molecule has 0 radical (unpaired) electrons. The third-order valence-electron chi connectivity index (χ3n) is 3.49. The van der Waals surface area contributed by atoms with Crippen molar-refractivity contribution in [3.05, 3.63) is 42.4 Å². The Kier molecular flexibility index (Phi) is 5.57. The molecule has 2 N–H and O–H groups in total. The topological polar surface area (TPSA) is 92.2 Å². The molecule has 0 bridgehead atoms. The van der Waals surface area contributed by atoms with Crippen LogP contribution in [0.1, 0.15) is 25.3 Å². The maximum absolute atomic E-state index is 7.93. The predicted octanol–water partition coefficient (Wildman–Crippen LogP) is 4.00. The minimum Gasteiger partial charge on any atom is -0.464 e. The van der Waals surface area contributed by atoms with Crippen molar-refractivity contribution in [2.24, 2.45) is 0 Å². The fourth-order valence-electron chi connectivity index (χ4n) is 2.20. The van der Waals surface area contributed by atoms with Crippen LogP contribution in [0.4, 0.5) is 0 Å². The Morgan fingerprint density at radius 2 is 2.20 bits per heavy atom. The quantitative estimate of drug-likeness (QED) is 0.739. The number of rotatable bonds is 3. The summed E-state index contributed by atoms with van der Waals surface area (Å²) in [5.74, 6) is 1.14. The minimum atomic E-state index is 0.319. The molecule has 0 amide bonds. The lowest BCUT2D eigenvalue weighted by Gasteiger charge is -2.11. The zero-order chi connectivity index (χ0) is 17.6. The molecule has 130 valence electrons. The molecule has 0 saturated carbocycles. The summed E-state index contributed by atoms with van der Waals surface area (Å²) in [5, 5.41) is 16.7. The number of hydrogen-bond donors (Lipinski definition) is 2. The van der Waals surface area contributed by atoms with Gasteiger partial charge in [-0.2, -0.15) is 0 Å². The van der Waals surface area contributed by atoms with Gasteiger partial charge in [0.2, 0.25) is 0 Å². The molecule has 0 unspecified atom stereocenters. The van der Waals surface area contributed by atoms with E-state index >= 15 is 0 Å². The molecule has 3 aromatic rings. The first-order valence-electron chi connectivity index (χ1n) is 8.04. The second kappa shape index (κ2) is 8.04. The van der Waals surface area contributed by atoms with E-state index in [2.05, 4.69) is 9.97 Å². The normalized spacial score (nSPS) is 12.8. The van der Waals surface area contributed by atoms with Crippen LogP contribution in [0.2, 0.25) is 0 Å². The van der Waals surface area contributed by atoms with Crippen LogP contribution in [-0.2, 0) is 0 Å². The van der Waals surface area contributed by atoms with Crippen molar-refractivity contribution in [1.29, 1.82) is 5.41 Å². The number of pyridine rings is 1. The van der Waals surface area contributed by atoms with E-state index in [4.69, 9.17) is 19.7 Å². The van der Waals surface area contributed by atoms with Crippen LogP contribution in [0.15, 0.2) is 41.2 Å². The van der Waals surface area contributed by atoms with Crippen LogP contribution in [0, 0.1) is 5.41 Å². The van der Waals surface area contributed by atoms with Crippen molar-refractivity contribution in [2.45, 2.75) is 19.8 Å². The highest BCUT2D eigenvalue weighted by Gasteiger charge is 2.22. The molecule has 0 saturated heterocycles. The van der Waals surface area contributed by atoms with Crippen molar-refractivity contribution in [2.75, 3.05) is 13.2 Å². The Hall–Kier alpha value is -2.51. The molecule has 0 spiro atoms. The maximum atomic E-state index is 7.93. The van der Waals surface area contributed by atoms with Gasteiger partial charge >= 0.3 is 0 Å². The standard InChI is InChI=1S/C15H11N3O2S.C3H8O/c16-11-3-5-19-15-10(11)6-12(20-15)13-8-18-14(21-13)9-2-1-4-17-7-9;1-2-3-4/h1-2,4,6-8,16H,3,5H2;4H,2-3H2,1H3. The molecule has 3 aromatic heterocycles. The highest BCUT2D eigenvalue weighted by atomic mass is 32.1. The van der Waals surface area contributed by atoms with Gasteiger partial charge in [-0.1, -0.05) is 6.92 Å². The molecule has 0 aliphatic carbocycles. The number of thiazole rings is 1. The second-order valence-electron chi connectivity index (χ2n) is 5.38. The monoisotopic (exact) mass is 357 g/mol. The molecular weight excluding hydrogens is 338 g/mol. The van der Waals surface area contributed by atoms with Gasteiger partial charge in [0.05, 0.1) is 17.0 Å². The van der Waals surface area contributed by atoms with Crippen molar-refractivity contribution in [3.63, 3.8) is 0 Å². The zero-order valence-corrected chi connectivity index (χ0v) is 14.7. The van der Waals surface area contributed by atoms with E-state index in [0.29, 0.717) is 37.1 Å². The van der Waals surface area contributed by atoms with Gasteiger partial charge in [-0.05, 0) is 24.6 Å². The van der Waals surface area contributed by atoms with Crippen molar-refractivity contribution >= 4 is 17.0 Å². The van der Waals surface area contributed by atoms with E-state index in [1.54, 1.807) is 18.6 Å². The largest absolute Gasteiger partial charge is 0.464 e.